The zero-order valence-corrected chi connectivity index (χ0v) is 12.5. The average molecular weight is 283 g/mol. The predicted octanol–water partition coefficient (Wildman–Crippen LogP) is 3.63. The van der Waals surface area contributed by atoms with Crippen molar-refractivity contribution < 1.29 is 5.11 Å². The molecule has 0 unspecified atom stereocenters. The highest BCUT2D eigenvalue weighted by Gasteiger charge is 2.24. The first-order chi connectivity index (χ1) is 9.11. The van der Waals surface area contributed by atoms with E-state index in [0.717, 1.165) is 17.9 Å². The van der Waals surface area contributed by atoms with Gasteiger partial charge in [0.1, 0.15) is 5.82 Å². The van der Waals surface area contributed by atoms with E-state index in [1.807, 2.05) is 6.07 Å². The van der Waals surface area contributed by atoms with Crippen LogP contribution in [-0.2, 0) is 6.61 Å². The molecule has 1 aliphatic carbocycles. The summed E-state index contributed by atoms with van der Waals surface area (Å²) in [4.78, 5) is 6.86. The van der Waals surface area contributed by atoms with Gasteiger partial charge < -0.3 is 10.0 Å². The summed E-state index contributed by atoms with van der Waals surface area (Å²) >= 11 is 6.03. The molecule has 1 fully saturated rings. The Bertz CT molecular complexity index is 417. The lowest BCUT2D eigenvalue weighted by Crippen LogP contribution is -2.37. The molecule has 0 aromatic carbocycles. The van der Waals surface area contributed by atoms with Crippen LogP contribution in [0.1, 0.15) is 45.1 Å². The van der Waals surface area contributed by atoms with E-state index in [1.165, 1.54) is 25.7 Å². The lowest BCUT2D eigenvalue weighted by Gasteiger charge is -2.32. The van der Waals surface area contributed by atoms with Crippen LogP contribution < -0.4 is 4.90 Å². The fraction of sp³-hybridized carbons (Fsp3) is 0.667. The first-order valence-corrected chi connectivity index (χ1v) is 7.51. The van der Waals surface area contributed by atoms with Gasteiger partial charge in [-0.15, -0.1) is 0 Å². The van der Waals surface area contributed by atoms with Gasteiger partial charge in [0.2, 0.25) is 0 Å². The monoisotopic (exact) mass is 282 g/mol. The zero-order chi connectivity index (χ0) is 13.8. The molecule has 1 N–H and O–H groups in total. The summed E-state index contributed by atoms with van der Waals surface area (Å²) in [5.41, 5.74) is 0.762. The van der Waals surface area contributed by atoms with Gasteiger partial charge in [-0.05, 0) is 24.8 Å². The normalized spacial score (nSPS) is 16.3. The number of hydrogen-bond acceptors (Lipinski definition) is 3. The van der Waals surface area contributed by atoms with Crippen molar-refractivity contribution in [2.45, 2.75) is 52.2 Å². The van der Waals surface area contributed by atoms with E-state index >= 15 is 0 Å². The van der Waals surface area contributed by atoms with Gasteiger partial charge >= 0.3 is 0 Å². The average Bonchev–Trinajstić information content (AvgIpc) is 2.90. The van der Waals surface area contributed by atoms with Gasteiger partial charge in [0, 0.05) is 24.3 Å². The molecule has 0 bridgehead atoms. The SMILES string of the molecule is CC(C)CN(c1cc(CO)c(Cl)cn1)C1CCCC1. The summed E-state index contributed by atoms with van der Waals surface area (Å²) in [6.07, 6.45) is 6.75. The number of aliphatic hydroxyl groups excluding tert-OH is 1. The summed E-state index contributed by atoms with van der Waals surface area (Å²) in [5, 5.41) is 9.88. The number of aromatic nitrogens is 1. The van der Waals surface area contributed by atoms with Crippen molar-refractivity contribution in [1.29, 1.82) is 0 Å². The maximum absolute atomic E-state index is 9.34. The molecule has 3 nitrogen and oxygen atoms in total. The van der Waals surface area contributed by atoms with Gasteiger partial charge in [-0.2, -0.15) is 0 Å². The van der Waals surface area contributed by atoms with Gasteiger partial charge in [0.05, 0.1) is 11.6 Å². The number of nitrogens with zero attached hydrogens (tertiary/aromatic N) is 2. The maximum Gasteiger partial charge on any atom is 0.129 e. The van der Waals surface area contributed by atoms with E-state index in [4.69, 9.17) is 11.6 Å². The van der Waals surface area contributed by atoms with E-state index in [-0.39, 0.29) is 6.61 Å². The van der Waals surface area contributed by atoms with Crippen LogP contribution in [-0.4, -0.2) is 22.7 Å². The molecule has 106 valence electrons. The van der Waals surface area contributed by atoms with Gasteiger partial charge in [0.25, 0.3) is 0 Å². The van der Waals surface area contributed by atoms with Crippen molar-refractivity contribution >= 4 is 17.4 Å². The number of pyridine rings is 1. The molecule has 1 heterocycles. The molecule has 0 atom stereocenters. The second-order valence-electron chi connectivity index (χ2n) is 5.78. The number of hydrogen-bond donors (Lipinski definition) is 1. The lowest BCUT2D eigenvalue weighted by atomic mass is 10.1. The fourth-order valence-corrected chi connectivity index (χ4v) is 2.95. The molecule has 1 aromatic heterocycles. The van der Waals surface area contributed by atoms with Crippen LogP contribution in [0, 0.1) is 5.92 Å². The number of aliphatic hydroxyl groups is 1. The molecular weight excluding hydrogens is 260 g/mol. The fourth-order valence-electron chi connectivity index (χ4n) is 2.78. The molecule has 0 spiro atoms. The number of anilines is 1. The van der Waals surface area contributed by atoms with Crippen molar-refractivity contribution in [2.24, 2.45) is 5.92 Å². The largest absolute Gasteiger partial charge is 0.392 e. The van der Waals surface area contributed by atoms with Crippen molar-refractivity contribution in [3.63, 3.8) is 0 Å². The summed E-state index contributed by atoms with van der Waals surface area (Å²) in [5.74, 6) is 1.55. The van der Waals surface area contributed by atoms with Crippen LogP contribution in [0.3, 0.4) is 0 Å². The minimum Gasteiger partial charge on any atom is -0.392 e. The third-order valence-corrected chi connectivity index (χ3v) is 4.05. The van der Waals surface area contributed by atoms with Crippen LogP contribution in [0.4, 0.5) is 5.82 Å². The minimum absolute atomic E-state index is 0.0332. The second-order valence-corrected chi connectivity index (χ2v) is 6.18. The predicted molar refractivity (Wildman–Crippen MR) is 79.6 cm³/mol. The van der Waals surface area contributed by atoms with Crippen molar-refractivity contribution in [3.05, 3.63) is 22.8 Å². The van der Waals surface area contributed by atoms with Gasteiger partial charge in [-0.25, -0.2) is 4.98 Å². The number of rotatable bonds is 5. The molecule has 0 amide bonds. The van der Waals surface area contributed by atoms with Crippen LogP contribution in [0.5, 0.6) is 0 Å². The van der Waals surface area contributed by atoms with Gasteiger partial charge in [0.15, 0.2) is 0 Å². The molecule has 1 saturated carbocycles. The summed E-state index contributed by atoms with van der Waals surface area (Å²) in [6.45, 7) is 5.42. The Kier molecular flexibility index (Phi) is 5.06. The molecule has 0 aliphatic heterocycles. The third kappa shape index (κ3) is 3.61. The minimum atomic E-state index is -0.0332. The molecule has 2 rings (SSSR count). The maximum atomic E-state index is 9.34. The highest BCUT2D eigenvalue weighted by molar-refractivity contribution is 6.31. The third-order valence-electron chi connectivity index (χ3n) is 3.71. The summed E-state index contributed by atoms with van der Waals surface area (Å²) in [6, 6.07) is 2.52. The van der Waals surface area contributed by atoms with E-state index in [1.54, 1.807) is 6.20 Å². The Labute approximate surface area is 120 Å². The Hall–Kier alpha value is -0.800. The Morgan fingerprint density at radius 3 is 2.68 bits per heavy atom. The van der Waals surface area contributed by atoms with Crippen LogP contribution in [0.25, 0.3) is 0 Å². The van der Waals surface area contributed by atoms with E-state index in [0.29, 0.717) is 17.0 Å². The van der Waals surface area contributed by atoms with Crippen LogP contribution >= 0.6 is 11.6 Å². The highest BCUT2D eigenvalue weighted by atomic mass is 35.5. The first kappa shape index (κ1) is 14.6. The molecule has 4 heteroatoms. The highest BCUT2D eigenvalue weighted by Crippen LogP contribution is 2.29. The van der Waals surface area contributed by atoms with Gasteiger partial charge in [-0.3, -0.25) is 0 Å². The Morgan fingerprint density at radius 2 is 2.11 bits per heavy atom. The van der Waals surface area contributed by atoms with E-state index < -0.39 is 0 Å². The molecule has 1 aromatic rings. The quantitative estimate of drug-likeness (QED) is 0.896. The van der Waals surface area contributed by atoms with E-state index in [9.17, 15) is 5.11 Å². The summed E-state index contributed by atoms with van der Waals surface area (Å²) < 4.78 is 0. The van der Waals surface area contributed by atoms with E-state index in [2.05, 4.69) is 23.7 Å². The van der Waals surface area contributed by atoms with Crippen molar-refractivity contribution in [1.82, 2.24) is 4.98 Å². The molecular formula is C15H23ClN2O. The number of halogens is 1. The second kappa shape index (κ2) is 6.58. The molecule has 0 radical (unpaired) electrons. The van der Waals surface area contributed by atoms with Crippen LogP contribution in [0.2, 0.25) is 5.02 Å². The van der Waals surface area contributed by atoms with Crippen molar-refractivity contribution in [3.8, 4) is 0 Å². The standard InChI is InChI=1S/C15H23ClN2O/c1-11(2)9-18(13-5-3-4-6-13)15-7-12(10-19)14(16)8-17-15/h7-8,11,13,19H,3-6,9-10H2,1-2H3. The summed E-state index contributed by atoms with van der Waals surface area (Å²) in [7, 11) is 0. The van der Waals surface area contributed by atoms with Gasteiger partial charge in [-0.1, -0.05) is 38.3 Å². The molecule has 19 heavy (non-hydrogen) atoms. The first-order valence-electron chi connectivity index (χ1n) is 7.13. The van der Waals surface area contributed by atoms with Crippen molar-refractivity contribution in [2.75, 3.05) is 11.4 Å². The Morgan fingerprint density at radius 1 is 1.42 bits per heavy atom. The topological polar surface area (TPSA) is 36.4 Å². The lowest BCUT2D eigenvalue weighted by molar-refractivity contribution is 0.282. The molecule has 1 aliphatic rings. The van der Waals surface area contributed by atoms with Crippen LogP contribution in [0.15, 0.2) is 12.3 Å². The Balaban J connectivity index is 2.25. The zero-order valence-electron chi connectivity index (χ0n) is 11.8. The molecule has 0 saturated heterocycles. The smallest absolute Gasteiger partial charge is 0.129 e.